The summed E-state index contributed by atoms with van der Waals surface area (Å²) in [5.74, 6) is -9.97. The summed E-state index contributed by atoms with van der Waals surface area (Å²) >= 11 is 0. The number of rotatable bonds is 10. The zero-order valence-corrected chi connectivity index (χ0v) is 16.6. The summed E-state index contributed by atoms with van der Waals surface area (Å²) in [4.78, 5) is 24.2. The van der Waals surface area contributed by atoms with Crippen molar-refractivity contribution >= 4 is 22.0 Å². The Kier molecular flexibility index (Phi) is 9.02. The van der Waals surface area contributed by atoms with E-state index < -0.39 is 77.1 Å². The predicted octanol–water partition coefficient (Wildman–Crippen LogP) is 2.32. The highest BCUT2D eigenvalue weighted by atomic mass is 32.2. The van der Waals surface area contributed by atoms with Crippen molar-refractivity contribution in [1.29, 1.82) is 0 Å². The van der Waals surface area contributed by atoms with E-state index in [1.807, 2.05) is 0 Å². The number of hydrogen-bond acceptors (Lipinski definition) is 7. The Labute approximate surface area is 170 Å². The van der Waals surface area contributed by atoms with Crippen LogP contribution in [0.2, 0.25) is 0 Å². The maximum Gasteiger partial charge on any atom is 0.466 e. The lowest BCUT2D eigenvalue weighted by Gasteiger charge is -2.37. The molecule has 0 aromatic heterocycles. The lowest BCUT2D eigenvalue weighted by atomic mass is 10.2. The van der Waals surface area contributed by atoms with Crippen LogP contribution < -0.4 is 0 Å². The number of ether oxygens (including phenoxy) is 2. The topological polar surface area (TPSA) is 113 Å². The maximum atomic E-state index is 13.7. The van der Waals surface area contributed by atoms with Crippen LogP contribution in [-0.4, -0.2) is 72.8 Å². The molecule has 0 rings (SSSR count). The van der Waals surface area contributed by atoms with Crippen LogP contribution in [0.4, 0.5) is 35.1 Å². The quantitative estimate of drug-likeness (QED) is 0.151. The lowest BCUT2D eigenvalue weighted by Crippen LogP contribution is -2.62. The standard InChI is InChI=1S/C14H17F8NO7S/c1-4-23(5-2)10(25)12(14(20,21)22,30-9(24)8(3)13(17,18)19)29-7-6-11(15,16)31(26,27)28/h3-7H2,1-2H3,(H,26,27,28)/p-1. The molecular formula is C14H16F8NO7S-. The third-order valence-corrected chi connectivity index (χ3v) is 4.53. The van der Waals surface area contributed by atoms with Crippen LogP contribution in [0.3, 0.4) is 0 Å². The smallest absolute Gasteiger partial charge is 0.466 e. The van der Waals surface area contributed by atoms with Gasteiger partial charge in [-0.3, -0.25) is 4.79 Å². The molecule has 31 heavy (non-hydrogen) atoms. The van der Waals surface area contributed by atoms with E-state index in [-0.39, 0.29) is 0 Å². The maximum absolute atomic E-state index is 13.7. The molecule has 0 aliphatic heterocycles. The number of esters is 1. The second-order valence-electron chi connectivity index (χ2n) is 5.65. The van der Waals surface area contributed by atoms with Gasteiger partial charge in [0.25, 0.3) is 0 Å². The summed E-state index contributed by atoms with van der Waals surface area (Å²) in [6, 6.07) is 0. The molecule has 0 saturated heterocycles. The van der Waals surface area contributed by atoms with Crippen molar-refractivity contribution in [1.82, 2.24) is 4.90 Å². The van der Waals surface area contributed by atoms with Gasteiger partial charge in [-0.05, 0) is 13.8 Å². The van der Waals surface area contributed by atoms with Crippen molar-refractivity contribution in [3.8, 4) is 0 Å². The summed E-state index contributed by atoms with van der Waals surface area (Å²) < 4.78 is 144. The molecule has 0 bridgehead atoms. The van der Waals surface area contributed by atoms with Crippen molar-refractivity contribution < 1.29 is 67.2 Å². The minimum atomic E-state index is -6.37. The van der Waals surface area contributed by atoms with Crippen LogP contribution in [0.15, 0.2) is 12.2 Å². The number of hydrogen-bond donors (Lipinski definition) is 0. The van der Waals surface area contributed by atoms with E-state index in [1.54, 1.807) is 0 Å². The van der Waals surface area contributed by atoms with Crippen molar-refractivity contribution in [2.45, 2.75) is 43.7 Å². The number of carbonyl (C=O) groups excluding carboxylic acids is 2. The first-order valence-electron chi connectivity index (χ1n) is 8.00. The Morgan fingerprint density at radius 2 is 1.45 bits per heavy atom. The van der Waals surface area contributed by atoms with Gasteiger partial charge in [0.15, 0.2) is 10.1 Å². The minimum absolute atomic E-state index is 0.291. The molecule has 1 unspecified atom stereocenters. The van der Waals surface area contributed by atoms with Gasteiger partial charge < -0.3 is 18.9 Å². The molecule has 0 aliphatic rings. The molecule has 1 atom stereocenters. The van der Waals surface area contributed by atoms with E-state index in [1.165, 1.54) is 0 Å². The summed E-state index contributed by atoms with van der Waals surface area (Å²) in [6.07, 6.45) is -13.9. The number of nitrogens with zero attached hydrogens (tertiary/aromatic N) is 1. The van der Waals surface area contributed by atoms with Crippen molar-refractivity contribution in [2.24, 2.45) is 0 Å². The summed E-state index contributed by atoms with van der Waals surface area (Å²) in [5, 5.41) is -5.16. The Balaban J connectivity index is 6.31. The highest BCUT2D eigenvalue weighted by Gasteiger charge is 2.68. The van der Waals surface area contributed by atoms with Gasteiger partial charge in [-0.2, -0.15) is 35.1 Å². The average Bonchev–Trinajstić information content (AvgIpc) is 2.57. The normalized spacial score (nSPS) is 15.2. The largest absolute Gasteiger partial charge is 0.743 e. The Hall–Kier alpha value is -2.01. The zero-order chi connectivity index (χ0) is 25.1. The van der Waals surface area contributed by atoms with Crippen LogP contribution >= 0.6 is 0 Å². The van der Waals surface area contributed by atoms with Crippen LogP contribution in [0.25, 0.3) is 0 Å². The predicted molar refractivity (Wildman–Crippen MR) is 83.2 cm³/mol. The first kappa shape index (κ1) is 29.0. The fraction of sp³-hybridized carbons (Fsp3) is 0.714. The third-order valence-electron chi connectivity index (χ3n) is 3.59. The molecule has 1 amide bonds. The van der Waals surface area contributed by atoms with Gasteiger partial charge in [0.2, 0.25) is 0 Å². The molecule has 182 valence electrons. The molecule has 8 nitrogen and oxygen atoms in total. The van der Waals surface area contributed by atoms with Crippen LogP contribution in [0, 0.1) is 0 Å². The van der Waals surface area contributed by atoms with Crippen LogP contribution in [0.5, 0.6) is 0 Å². The van der Waals surface area contributed by atoms with Crippen LogP contribution in [0.1, 0.15) is 20.3 Å². The van der Waals surface area contributed by atoms with Gasteiger partial charge >= 0.3 is 35.3 Å². The molecule has 0 aliphatic carbocycles. The van der Waals surface area contributed by atoms with E-state index in [4.69, 9.17) is 0 Å². The van der Waals surface area contributed by atoms with E-state index in [2.05, 4.69) is 16.1 Å². The van der Waals surface area contributed by atoms with E-state index in [0.29, 0.717) is 4.90 Å². The molecule has 0 saturated carbocycles. The first-order chi connectivity index (χ1) is 13.7. The molecule has 0 aromatic carbocycles. The van der Waals surface area contributed by atoms with E-state index in [0.717, 1.165) is 13.8 Å². The van der Waals surface area contributed by atoms with Crippen molar-refractivity contribution in [3.05, 3.63) is 12.2 Å². The lowest BCUT2D eigenvalue weighted by molar-refractivity contribution is -0.352. The molecule has 0 N–H and O–H groups in total. The fourth-order valence-corrected chi connectivity index (χ4v) is 2.19. The first-order valence-corrected chi connectivity index (χ1v) is 9.41. The van der Waals surface area contributed by atoms with Gasteiger partial charge in [0, 0.05) is 19.5 Å². The number of alkyl halides is 8. The van der Waals surface area contributed by atoms with Crippen molar-refractivity contribution in [3.63, 3.8) is 0 Å². The van der Waals surface area contributed by atoms with Gasteiger partial charge in [-0.15, -0.1) is 0 Å². The van der Waals surface area contributed by atoms with Crippen molar-refractivity contribution in [2.75, 3.05) is 19.7 Å². The number of likely N-dealkylation sites (N-methyl/N-ethyl adjacent to an activating group) is 1. The van der Waals surface area contributed by atoms with Gasteiger partial charge in [0.05, 0.1) is 6.61 Å². The Morgan fingerprint density at radius 1 is 1.00 bits per heavy atom. The van der Waals surface area contributed by atoms with Gasteiger partial charge in [0.1, 0.15) is 5.57 Å². The van der Waals surface area contributed by atoms with Gasteiger partial charge in [-0.1, -0.05) is 6.58 Å². The molecule has 0 radical (unpaired) electrons. The summed E-state index contributed by atoms with van der Waals surface area (Å²) in [6.45, 7) is 1.38. The fourth-order valence-electron chi connectivity index (χ4n) is 1.86. The molecule has 0 fully saturated rings. The molecule has 0 heterocycles. The summed E-state index contributed by atoms with van der Waals surface area (Å²) in [7, 11) is -6.37. The number of halogens is 8. The second-order valence-corrected chi connectivity index (χ2v) is 7.15. The molecule has 17 heteroatoms. The second kappa shape index (κ2) is 9.64. The third kappa shape index (κ3) is 6.73. The number of carbonyl (C=O) groups is 2. The van der Waals surface area contributed by atoms with Crippen LogP contribution in [-0.2, 0) is 29.2 Å². The monoisotopic (exact) mass is 494 g/mol. The SMILES string of the molecule is C=C(C(=O)OC(OCCC(F)(F)S(=O)(=O)[O-])(C(=O)N(CC)CC)C(F)(F)F)C(F)(F)F. The molecule has 0 spiro atoms. The number of amides is 1. The average molecular weight is 494 g/mol. The minimum Gasteiger partial charge on any atom is -0.743 e. The Morgan fingerprint density at radius 3 is 1.77 bits per heavy atom. The highest BCUT2D eigenvalue weighted by molar-refractivity contribution is 7.86. The summed E-state index contributed by atoms with van der Waals surface area (Å²) in [5.41, 5.74) is -2.48. The van der Waals surface area contributed by atoms with Gasteiger partial charge in [-0.25, -0.2) is 13.2 Å². The Bertz CT molecular complexity index is 789. The van der Waals surface area contributed by atoms with E-state index in [9.17, 15) is 57.7 Å². The molecular weight excluding hydrogens is 478 g/mol. The highest BCUT2D eigenvalue weighted by Crippen LogP contribution is 2.39. The molecule has 0 aromatic rings. The zero-order valence-electron chi connectivity index (χ0n) is 15.8. The van der Waals surface area contributed by atoms with E-state index >= 15 is 0 Å².